The molecule has 1 saturated carbocycles. The van der Waals surface area contributed by atoms with Gasteiger partial charge in [-0.05, 0) is 45.6 Å². The van der Waals surface area contributed by atoms with E-state index in [0.717, 1.165) is 31.4 Å². The number of nitrogens with zero attached hydrogens (tertiary/aromatic N) is 4. The van der Waals surface area contributed by atoms with Gasteiger partial charge in [0.05, 0.1) is 24.0 Å². The molecule has 25 heavy (non-hydrogen) atoms. The number of amides is 1. The van der Waals surface area contributed by atoms with Crippen molar-refractivity contribution in [2.24, 2.45) is 0 Å². The third kappa shape index (κ3) is 2.99. The van der Waals surface area contributed by atoms with E-state index in [1.165, 1.54) is 4.68 Å². The number of hydrogen-bond donors (Lipinski definition) is 0. The maximum atomic E-state index is 12.9. The lowest BCUT2D eigenvalue weighted by atomic mass is 10.1. The van der Waals surface area contributed by atoms with Crippen LogP contribution in [-0.4, -0.2) is 38.3 Å². The molecule has 0 bridgehead atoms. The third-order valence-electron chi connectivity index (χ3n) is 5.15. The van der Waals surface area contributed by atoms with Gasteiger partial charge >= 0.3 is 0 Å². The lowest BCUT2D eigenvalue weighted by Gasteiger charge is -2.25. The second-order valence-electron chi connectivity index (χ2n) is 7.05. The van der Waals surface area contributed by atoms with Crippen LogP contribution in [0.2, 0.25) is 0 Å². The molecule has 0 spiro atoms. The molecule has 132 valence electrons. The summed E-state index contributed by atoms with van der Waals surface area (Å²) in [7, 11) is 0. The van der Waals surface area contributed by atoms with E-state index in [4.69, 9.17) is 4.52 Å². The smallest absolute Gasteiger partial charge is 0.266 e. The molecule has 7 nitrogen and oxygen atoms in total. The molecule has 7 heteroatoms. The molecule has 3 heterocycles. The summed E-state index contributed by atoms with van der Waals surface area (Å²) in [5, 5.41) is 8.40. The number of aromatic nitrogens is 3. The molecule has 2 aromatic rings. The highest BCUT2D eigenvalue weighted by Crippen LogP contribution is 2.38. The summed E-state index contributed by atoms with van der Waals surface area (Å²) < 4.78 is 6.66. The lowest BCUT2D eigenvalue weighted by Crippen LogP contribution is -2.41. The first-order valence-electron chi connectivity index (χ1n) is 8.86. The van der Waals surface area contributed by atoms with E-state index in [-0.39, 0.29) is 17.5 Å². The van der Waals surface area contributed by atoms with E-state index in [1.54, 1.807) is 19.9 Å². The average molecular weight is 342 g/mol. The highest BCUT2D eigenvalue weighted by atomic mass is 16.5. The van der Waals surface area contributed by atoms with Crippen molar-refractivity contribution in [2.75, 3.05) is 6.54 Å². The number of aryl methyl sites for hydroxylation is 2. The summed E-state index contributed by atoms with van der Waals surface area (Å²) in [5.41, 5.74) is 2.03. The number of carbonyl (C=O) groups excluding carboxylic acids is 1. The Morgan fingerprint density at radius 3 is 2.76 bits per heavy atom. The minimum atomic E-state index is -0.110. The third-order valence-corrected chi connectivity index (χ3v) is 5.15. The van der Waals surface area contributed by atoms with Gasteiger partial charge in [0.25, 0.3) is 11.5 Å². The van der Waals surface area contributed by atoms with Crippen LogP contribution in [0.5, 0.6) is 0 Å². The van der Waals surface area contributed by atoms with Gasteiger partial charge in [-0.2, -0.15) is 5.10 Å². The van der Waals surface area contributed by atoms with E-state index in [1.807, 2.05) is 11.0 Å². The second kappa shape index (κ2) is 6.13. The Hall–Kier alpha value is -2.44. The van der Waals surface area contributed by atoms with Crippen LogP contribution in [-0.2, 0) is 6.54 Å². The second-order valence-corrected chi connectivity index (χ2v) is 7.05. The van der Waals surface area contributed by atoms with Crippen molar-refractivity contribution in [3.63, 3.8) is 0 Å². The topological polar surface area (TPSA) is 81.2 Å². The molecule has 1 unspecified atom stereocenters. The number of rotatable bonds is 4. The van der Waals surface area contributed by atoms with Crippen molar-refractivity contribution >= 4 is 5.91 Å². The fourth-order valence-corrected chi connectivity index (χ4v) is 3.62. The Bertz CT molecular complexity index is 846. The molecule has 2 aliphatic rings. The molecular formula is C18H22N4O3. The molecule has 0 radical (unpaired) electrons. The molecule has 1 aliphatic heterocycles. The van der Waals surface area contributed by atoms with E-state index < -0.39 is 0 Å². The Labute approximate surface area is 145 Å². The Balaban J connectivity index is 1.57. The van der Waals surface area contributed by atoms with Crippen LogP contribution in [0, 0.1) is 13.8 Å². The zero-order valence-electron chi connectivity index (χ0n) is 14.6. The van der Waals surface area contributed by atoms with Gasteiger partial charge in [-0.3, -0.25) is 9.59 Å². The summed E-state index contributed by atoms with van der Waals surface area (Å²) in [6.07, 6.45) is 4.09. The summed E-state index contributed by atoms with van der Waals surface area (Å²) >= 11 is 0. The fraction of sp³-hybridized carbons (Fsp3) is 0.556. The first kappa shape index (κ1) is 16.1. The summed E-state index contributed by atoms with van der Waals surface area (Å²) in [6.45, 7) is 4.66. The normalized spacial score (nSPS) is 20.2. The molecular weight excluding hydrogens is 320 g/mol. The average Bonchev–Trinajstić information content (AvgIpc) is 3.25. The van der Waals surface area contributed by atoms with E-state index in [2.05, 4.69) is 10.3 Å². The van der Waals surface area contributed by atoms with Crippen LogP contribution in [0.4, 0.5) is 0 Å². The van der Waals surface area contributed by atoms with Crippen LogP contribution in [0.25, 0.3) is 0 Å². The molecule has 2 aromatic heterocycles. The molecule has 1 atom stereocenters. The minimum Gasteiger partial charge on any atom is -0.361 e. The van der Waals surface area contributed by atoms with Crippen molar-refractivity contribution in [2.45, 2.75) is 58.0 Å². The van der Waals surface area contributed by atoms with Gasteiger partial charge in [-0.15, -0.1) is 0 Å². The Morgan fingerprint density at radius 2 is 2.08 bits per heavy atom. The van der Waals surface area contributed by atoms with Gasteiger partial charge in [-0.1, -0.05) is 5.16 Å². The van der Waals surface area contributed by atoms with Gasteiger partial charge in [0.2, 0.25) is 0 Å². The van der Waals surface area contributed by atoms with Crippen LogP contribution < -0.4 is 5.56 Å². The number of carbonyl (C=O) groups is 1. The molecule has 0 N–H and O–H groups in total. The van der Waals surface area contributed by atoms with Crippen LogP contribution in [0.15, 0.2) is 21.5 Å². The van der Waals surface area contributed by atoms with Gasteiger partial charge in [0.15, 0.2) is 0 Å². The fourth-order valence-electron chi connectivity index (χ4n) is 3.62. The molecule has 2 fully saturated rings. The van der Waals surface area contributed by atoms with Crippen molar-refractivity contribution in [1.82, 2.24) is 19.8 Å². The zero-order valence-corrected chi connectivity index (χ0v) is 14.6. The lowest BCUT2D eigenvalue weighted by molar-refractivity contribution is 0.0718. The van der Waals surface area contributed by atoms with E-state index in [0.29, 0.717) is 36.0 Å². The van der Waals surface area contributed by atoms with E-state index in [9.17, 15) is 9.59 Å². The zero-order chi connectivity index (χ0) is 17.6. The number of likely N-dealkylation sites (tertiary alicyclic amines) is 1. The molecule has 1 amide bonds. The predicted octanol–water partition coefficient (Wildman–Crippen LogP) is 2.03. The molecule has 4 rings (SSSR count). The first-order chi connectivity index (χ1) is 12.0. The van der Waals surface area contributed by atoms with Gasteiger partial charge < -0.3 is 9.42 Å². The largest absolute Gasteiger partial charge is 0.361 e. The summed E-state index contributed by atoms with van der Waals surface area (Å²) in [5.74, 6) is 0.972. The van der Waals surface area contributed by atoms with Crippen molar-refractivity contribution in [1.29, 1.82) is 0 Å². The van der Waals surface area contributed by atoms with Gasteiger partial charge in [0.1, 0.15) is 11.3 Å². The Morgan fingerprint density at radius 1 is 1.28 bits per heavy atom. The quantitative estimate of drug-likeness (QED) is 0.849. The van der Waals surface area contributed by atoms with Crippen LogP contribution >= 0.6 is 0 Å². The predicted molar refractivity (Wildman–Crippen MR) is 90.5 cm³/mol. The van der Waals surface area contributed by atoms with Gasteiger partial charge in [-0.25, -0.2) is 4.68 Å². The highest BCUT2D eigenvalue weighted by Gasteiger charge is 2.33. The SMILES string of the molecule is Cc1noc(C)c1C(=O)N1CCCC1Cn1nc(C2CC2)ccc1=O. The first-order valence-corrected chi connectivity index (χ1v) is 8.86. The van der Waals surface area contributed by atoms with Crippen molar-refractivity contribution < 1.29 is 9.32 Å². The summed E-state index contributed by atoms with van der Waals surface area (Å²) in [6, 6.07) is 3.40. The maximum Gasteiger partial charge on any atom is 0.266 e. The van der Waals surface area contributed by atoms with E-state index >= 15 is 0 Å². The standard InChI is InChI=1S/C18H22N4O3/c1-11-17(12(2)25-20-11)18(24)21-9-3-4-14(21)10-22-16(23)8-7-15(19-22)13-5-6-13/h7-8,13-14H,3-6,9-10H2,1-2H3. The Kier molecular flexibility index (Phi) is 3.94. The van der Waals surface area contributed by atoms with Crippen molar-refractivity contribution in [3.05, 3.63) is 45.2 Å². The monoisotopic (exact) mass is 342 g/mol. The maximum absolute atomic E-state index is 12.9. The molecule has 1 aliphatic carbocycles. The summed E-state index contributed by atoms with van der Waals surface area (Å²) in [4.78, 5) is 27.0. The number of hydrogen-bond acceptors (Lipinski definition) is 5. The molecule has 0 aromatic carbocycles. The van der Waals surface area contributed by atoms with Crippen molar-refractivity contribution in [3.8, 4) is 0 Å². The van der Waals surface area contributed by atoms with Gasteiger partial charge in [0, 0.05) is 18.5 Å². The van der Waals surface area contributed by atoms with Crippen LogP contribution in [0.3, 0.4) is 0 Å². The molecule has 1 saturated heterocycles. The van der Waals surface area contributed by atoms with Crippen LogP contribution in [0.1, 0.15) is 59.1 Å². The minimum absolute atomic E-state index is 0.0270. The highest BCUT2D eigenvalue weighted by molar-refractivity contribution is 5.96.